The van der Waals surface area contributed by atoms with Gasteiger partial charge in [-0.15, -0.1) is 0 Å². The van der Waals surface area contributed by atoms with Gasteiger partial charge in [-0.2, -0.15) is 0 Å². The Labute approximate surface area is 109 Å². The minimum absolute atomic E-state index is 0.0339. The summed E-state index contributed by atoms with van der Waals surface area (Å²) in [4.78, 5) is 9.38. The first-order chi connectivity index (χ1) is 8.40. The van der Waals surface area contributed by atoms with Crippen LogP contribution in [0.25, 0.3) is 0 Å². The summed E-state index contributed by atoms with van der Waals surface area (Å²) >= 11 is 0. The average molecular weight is 246 g/mol. The van der Waals surface area contributed by atoms with Crippen LogP contribution in [0.5, 0.6) is 0 Å². The second-order valence-electron chi connectivity index (χ2n) is 5.92. The summed E-state index contributed by atoms with van der Waals surface area (Å²) < 4.78 is 6.00. The van der Waals surface area contributed by atoms with Gasteiger partial charge in [-0.25, -0.2) is 4.99 Å². The second-order valence-corrected chi connectivity index (χ2v) is 5.92. The SMILES string of the molecule is CCC1(c2ccccn2)N=C(C(C)(C)C)OC1C. The summed E-state index contributed by atoms with van der Waals surface area (Å²) in [6.07, 6.45) is 2.75. The van der Waals surface area contributed by atoms with Crippen molar-refractivity contribution < 1.29 is 4.74 Å². The topological polar surface area (TPSA) is 34.5 Å². The number of aromatic nitrogens is 1. The van der Waals surface area contributed by atoms with E-state index in [0.717, 1.165) is 18.0 Å². The van der Waals surface area contributed by atoms with Crippen LogP contribution in [0.2, 0.25) is 0 Å². The number of hydrogen-bond acceptors (Lipinski definition) is 3. The van der Waals surface area contributed by atoms with E-state index in [1.807, 2.05) is 24.4 Å². The lowest BCUT2D eigenvalue weighted by atomic mass is 9.87. The summed E-state index contributed by atoms with van der Waals surface area (Å²) in [5.74, 6) is 0.836. The molecule has 18 heavy (non-hydrogen) atoms. The highest BCUT2D eigenvalue weighted by Gasteiger charge is 2.46. The van der Waals surface area contributed by atoms with E-state index in [-0.39, 0.29) is 17.1 Å². The van der Waals surface area contributed by atoms with Crippen LogP contribution in [0, 0.1) is 5.41 Å². The molecular weight excluding hydrogens is 224 g/mol. The molecule has 1 aliphatic rings. The predicted molar refractivity (Wildman–Crippen MR) is 73.6 cm³/mol. The van der Waals surface area contributed by atoms with Crippen molar-refractivity contribution in [2.45, 2.75) is 52.7 Å². The molecule has 0 N–H and O–H groups in total. The number of pyridine rings is 1. The van der Waals surface area contributed by atoms with Crippen LogP contribution in [0.4, 0.5) is 0 Å². The highest BCUT2D eigenvalue weighted by molar-refractivity contribution is 5.83. The average Bonchev–Trinajstić information content (AvgIpc) is 2.68. The Morgan fingerprint density at radius 1 is 1.33 bits per heavy atom. The Hall–Kier alpha value is -1.38. The Morgan fingerprint density at radius 2 is 2.06 bits per heavy atom. The normalized spacial score (nSPS) is 27.8. The van der Waals surface area contributed by atoms with Crippen molar-refractivity contribution in [2.24, 2.45) is 10.4 Å². The molecule has 98 valence electrons. The fourth-order valence-corrected chi connectivity index (χ4v) is 2.34. The van der Waals surface area contributed by atoms with Crippen LogP contribution in [-0.4, -0.2) is 17.0 Å². The molecule has 0 saturated carbocycles. The summed E-state index contributed by atoms with van der Waals surface area (Å²) in [6.45, 7) is 10.6. The molecule has 2 atom stereocenters. The molecule has 0 fully saturated rings. The van der Waals surface area contributed by atoms with Crippen molar-refractivity contribution in [3.8, 4) is 0 Å². The monoisotopic (exact) mass is 246 g/mol. The van der Waals surface area contributed by atoms with Crippen molar-refractivity contribution >= 4 is 5.90 Å². The molecule has 1 aliphatic heterocycles. The lowest BCUT2D eigenvalue weighted by Gasteiger charge is -2.27. The van der Waals surface area contributed by atoms with Crippen molar-refractivity contribution in [1.82, 2.24) is 4.98 Å². The predicted octanol–water partition coefficient (Wildman–Crippen LogP) is 3.55. The van der Waals surface area contributed by atoms with E-state index in [2.05, 4.69) is 39.6 Å². The maximum Gasteiger partial charge on any atom is 0.190 e. The molecule has 3 heteroatoms. The van der Waals surface area contributed by atoms with Crippen LogP contribution in [-0.2, 0) is 10.3 Å². The number of hydrogen-bond donors (Lipinski definition) is 0. The molecule has 1 aromatic rings. The molecule has 3 nitrogen and oxygen atoms in total. The van der Waals surface area contributed by atoms with E-state index in [9.17, 15) is 0 Å². The first kappa shape index (κ1) is 13.1. The van der Waals surface area contributed by atoms with Crippen molar-refractivity contribution in [2.75, 3.05) is 0 Å². The second kappa shape index (κ2) is 4.38. The van der Waals surface area contributed by atoms with Gasteiger partial charge in [-0.3, -0.25) is 4.98 Å². The van der Waals surface area contributed by atoms with Gasteiger partial charge in [0, 0.05) is 11.6 Å². The van der Waals surface area contributed by atoms with E-state index in [4.69, 9.17) is 9.73 Å². The zero-order chi connectivity index (χ0) is 13.4. The highest BCUT2D eigenvalue weighted by atomic mass is 16.5. The number of aliphatic imine (C=N–C) groups is 1. The summed E-state index contributed by atoms with van der Waals surface area (Å²) in [5.41, 5.74) is 0.614. The first-order valence-corrected chi connectivity index (χ1v) is 6.58. The van der Waals surface area contributed by atoms with Gasteiger partial charge in [0.2, 0.25) is 0 Å². The zero-order valence-corrected chi connectivity index (χ0v) is 11.9. The Morgan fingerprint density at radius 3 is 2.50 bits per heavy atom. The molecule has 0 radical (unpaired) electrons. The lowest BCUT2D eigenvalue weighted by molar-refractivity contribution is 0.136. The highest BCUT2D eigenvalue weighted by Crippen LogP contribution is 2.41. The first-order valence-electron chi connectivity index (χ1n) is 6.58. The zero-order valence-electron chi connectivity index (χ0n) is 11.9. The molecule has 2 heterocycles. The quantitative estimate of drug-likeness (QED) is 0.799. The van der Waals surface area contributed by atoms with E-state index < -0.39 is 0 Å². The maximum atomic E-state index is 6.00. The smallest absolute Gasteiger partial charge is 0.190 e. The maximum absolute atomic E-state index is 6.00. The van der Waals surface area contributed by atoms with Crippen LogP contribution >= 0.6 is 0 Å². The van der Waals surface area contributed by atoms with E-state index in [1.165, 1.54) is 0 Å². The van der Waals surface area contributed by atoms with Crippen molar-refractivity contribution in [3.63, 3.8) is 0 Å². The third kappa shape index (κ3) is 2.02. The van der Waals surface area contributed by atoms with E-state index in [1.54, 1.807) is 0 Å². The van der Waals surface area contributed by atoms with Crippen molar-refractivity contribution in [1.29, 1.82) is 0 Å². The third-order valence-electron chi connectivity index (χ3n) is 3.55. The Kier molecular flexibility index (Phi) is 3.18. The molecule has 0 saturated heterocycles. The van der Waals surface area contributed by atoms with E-state index >= 15 is 0 Å². The standard InChI is InChI=1S/C15H22N2O/c1-6-15(12-9-7-8-10-16-12)11(2)18-13(17-15)14(3,4)5/h7-11H,6H2,1-5H3. The molecule has 0 aliphatic carbocycles. The van der Waals surface area contributed by atoms with Gasteiger partial charge >= 0.3 is 0 Å². The summed E-state index contributed by atoms with van der Waals surface area (Å²) in [6, 6.07) is 5.98. The molecular formula is C15H22N2O. The van der Waals surface area contributed by atoms with Gasteiger partial charge in [0.05, 0.1) is 5.69 Å². The van der Waals surface area contributed by atoms with Gasteiger partial charge in [0.1, 0.15) is 11.6 Å². The van der Waals surface area contributed by atoms with Crippen molar-refractivity contribution in [3.05, 3.63) is 30.1 Å². The molecule has 0 spiro atoms. The number of nitrogens with zero attached hydrogens (tertiary/aromatic N) is 2. The van der Waals surface area contributed by atoms with Gasteiger partial charge in [0.15, 0.2) is 5.90 Å². The van der Waals surface area contributed by atoms with Crippen LogP contribution < -0.4 is 0 Å². The fourth-order valence-electron chi connectivity index (χ4n) is 2.34. The third-order valence-corrected chi connectivity index (χ3v) is 3.55. The minimum atomic E-state index is -0.329. The fraction of sp³-hybridized carbons (Fsp3) is 0.600. The molecule has 0 aromatic carbocycles. The molecule has 2 rings (SSSR count). The van der Waals surface area contributed by atoms with Gasteiger partial charge in [-0.1, -0.05) is 33.8 Å². The Balaban J connectivity index is 2.48. The van der Waals surface area contributed by atoms with E-state index in [0.29, 0.717) is 0 Å². The molecule has 0 amide bonds. The molecule has 0 bridgehead atoms. The Bertz CT molecular complexity index is 447. The van der Waals surface area contributed by atoms with Gasteiger partial charge in [0.25, 0.3) is 0 Å². The molecule has 2 unspecified atom stereocenters. The lowest BCUT2D eigenvalue weighted by Crippen LogP contribution is -2.33. The van der Waals surface area contributed by atoms with Crippen LogP contribution in [0.3, 0.4) is 0 Å². The summed E-state index contributed by atoms with van der Waals surface area (Å²) in [7, 11) is 0. The summed E-state index contributed by atoms with van der Waals surface area (Å²) in [5, 5.41) is 0. The largest absolute Gasteiger partial charge is 0.475 e. The number of ether oxygens (including phenoxy) is 1. The number of rotatable bonds is 2. The van der Waals surface area contributed by atoms with Gasteiger partial charge in [-0.05, 0) is 25.5 Å². The minimum Gasteiger partial charge on any atom is -0.475 e. The molecule has 1 aromatic heterocycles. The van der Waals surface area contributed by atoms with Crippen LogP contribution in [0.1, 0.15) is 46.7 Å². The van der Waals surface area contributed by atoms with Gasteiger partial charge < -0.3 is 4.74 Å². The van der Waals surface area contributed by atoms with Crippen LogP contribution in [0.15, 0.2) is 29.4 Å².